The van der Waals surface area contributed by atoms with Crippen molar-refractivity contribution < 1.29 is 0 Å². The van der Waals surface area contributed by atoms with Crippen molar-refractivity contribution in [2.75, 3.05) is 19.6 Å². The second-order valence-corrected chi connectivity index (χ2v) is 6.17. The zero-order chi connectivity index (χ0) is 12.8. The van der Waals surface area contributed by atoms with Gasteiger partial charge in [-0.1, -0.05) is 19.6 Å². The van der Waals surface area contributed by atoms with E-state index in [0.29, 0.717) is 0 Å². The molecule has 1 aliphatic carbocycles. The molecule has 100 valence electrons. The van der Waals surface area contributed by atoms with Gasteiger partial charge in [0.2, 0.25) is 0 Å². The van der Waals surface area contributed by atoms with Gasteiger partial charge in [-0.2, -0.15) is 0 Å². The monoisotopic (exact) mass is 264 g/mol. The predicted octanol–water partition coefficient (Wildman–Crippen LogP) is 3.27. The van der Waals surface area contributed by atoms with Gasteiger partial charge in [0.25, 0.3) is 0 Å². The van der Waals surface area contributed by atoms with E-state index < -0.39 is 0 Å². The smallest absolute Gasteiger partial charge is 0.0334 e. The Kier molecular flexibility index (Phi) is 5.42. The lowest BCUT2D eigenvalue weighted by molar-refractivity contribution is 0.278. The Bertz CT molecular complexity index is 355. The summed E-state index contributed by atoms with van der Waals surface area (Å²) in [5, 5.41) is 5.60. The first kappa shape index (κ1) is 13.8. The summed E-state index contributed by atoms with van der Waals surface area (Å²) in [5.41, 5.74) is 1.31. The summed E-state index contributed by atoms with van der Waals surface area (Å²) in [6.07, 6.45) is 3.91. The molecule has 0 aliphatic heterocycles. The Labute approximate surface area is 115 Å². The molecule has 2 rings (SSSR count). The fraction of sp³-hybridized carbons (Fsp3) is 0.600. The van der Waals surface area contributed by atoms with Gasteiger partial charge in [0, 0.05) is 30.6 Å². The summed E-state index contributed by atoms with van der Waals surface area (Å²) in [7, 11) is 0. The number of hydrogen-bond donors (Lipinski definition) is 1. The lowest BCUT2D eigenvalue weighted by Gasteiger charge is -2.22. The predicted molar refractivity (Wildman–Crippen MR) is 80.1 cm³/mol. The van der Waals surface area contributed by atoms with Gasteiger partial charge in [-0.3, -0.25) is 4.90 Å². The molecule has 1 aromatic rings. The van der Waals surface area contributed by atoms with Gasteiger partial charge < -0.3 is 5.32 Å². The van der Waals surface area contributed by atoms with E-state index in [-0.39, 0.29) is 0 Å². The van der Waals surface area contributed by atoms with Gasteiger partial charge in [0.15, 0.2) is 0 Å². The average Bonchev–Trinajstić information content (AvgIpc) is 3.08. The molecule has 0 unspecified atom stereocenters. The van der Waals surface area contributed by atoms with Gasteiger partial charge in [-0.25, -0.2) is 0 Å². The molecule has 0 bridgehead atoms. The van der Waals surface area contributed by atoms with E-state index in [0.717, 1.165) is 32.2 Å². The van der Waals surface area contributed by atoms with Crippen LogP contribution in [0.25, 0.3) is 0 Å². The van der Waals surface area contributed by atoms with Gasteiger partial charge in [-0.05, 0) is 42.8 Å². The minimum atomic E-state index is 0.801. The summed E-state index contributed by atoms with van der Waals surface area (Å²) in [6, 6.07) is 5.18. The second kappa shape index (κ2) is 7.07. The number of nitrogens with one attached hydrogen (secondary N) is 1. The van der Waals surface area contributed by atoms with Crippen LogP contribution in [0.4, 0.5) is 0 Å². The Morgan fingerprint density at radius 1 is 1.56 bits per heavy atom. The summed E-state index contributed by atoms with van der Waals surface area (Å²) in [6.45, 7) is 10.6. The van der Waals surface area contributed by atoms with Crippen molar-refractivity contribution in [3.05, 3.63) is 34.5 Å². The van der Waals surface area contributed by atoms with Crippen molar-refractivity contribution in [1.82, 2.24) is 10.2 Å². The van der Waals surface area contributed by atoms with Crippen LogP contribution in [0.15, 0.2) is 29.7 Å². The molecule has 18 heavy (non-hydrogen) atoms. The molecular weight excluding hydrogens is 240 g/mol. The van der Waals surface area contributed by atoms with E-state index >= 15 is 0 Å². The topological polar surface area (TPSA) is 15.3 Å². The first-order valence-corrected chi connectivity index (χ1v) is 7.81. The molecule has 1 aromatic heterocycles. The second-order valence-electron chi connectivity index (χ2n) is 5.14. The average molecular weight is 264 g/mol. The van der Waals surface area contributed by atoms with Crippen molar-refractivity contribution in [2.24, 2.45) is 0 Å². The maximum absolute atomic E-state index is 4.20. The minimum absolute atomic E-state index is 0.801. The van der Waals surface area contributed by atoms with Gasteiger partial charge in [0.05, 0.1) is 0 Å². The molecule has 0 spiro atoms. The SMILES string of the molecule is C=C(CNCCC)CN(Cc1cccs1)C1CC1. The third-order valence-corrected chi connectivity index (χ3v) is 4.09. The molecule has 0 radical (unpaired) electrons. The van der Waals surface area contributed by atoms with Crippen molar-refractivity contribution in [3.63, 3.8) is 0 Å². The van der Waals surface area contributed by atoms with Crippen LogP contribution in [0.1, 0.15) is 31.1 Å². The molecule has 3 heteroatoms. The van der Waals surface area contributed by atoms with Crippen LogP contribution in [0.3, 0.4) is 0 Å². The Balaban J connectivity index is 1.77. The summed E-state index contributed by atoms with van der Waals surface area (Å²) in [4.78, 5) is 4.05. The van der Waals surface area contributed by atoms with Gasteiger partial charge in [0.1, 0.15) is 0 Å². The van der Waals surface area contributed by atoms with Crippen molar-refractivity contribution in [1.29, 1.82) is 0 Å². The zero-order valence-corrected chi connectivity index (χ0v) is 12.1. The number of hydrogen-bond acceptors (Lipinski definition) is 3. The van der Waals surface area contributed by atoms with Crippen LogP contribution in [0.2, 0.25) is 0 Å². The minimum Gasteiger partial charge on any atom is -0.313 e. The molecule has 0 amide bonds. The van der Waals surface area contributed by atoms with Crippen molar-refractivity contribution >= 4 is 11.3 Å². The Hall–Kier alpha value is -0.640. The largest absolute Gasteiger partial charge is 0.313 e. The highest BCUT2D eigenvalue weighted by Crippen LogP contribution is 2.29. The third kappa shape index (κ3) is 4.56. The summed E-state index contributed by atoms with van der Waals surface area (Å²) < 4.78 is 0. The molecule has 1 N–H and O–H groups in total. The van der Waals surface area contributed by atoms with Crippen molar-refractivity contribution in [2.45, 2.75) is 38.8 Å². The highest BCUT2D eigenvalue weighted by Gasteiger charge is 2.29. The van der Waals surface area contributed by atoms with Crippen LogP contribution in [-0.4, -0.2) is 30.6 Å². The third-order valence-electron chi connectivity index (χ3n) is 3.23. The highest BCUT2D eigenvalue weighted by atomic mass is 32.1. The molecule has 1 aliphatic rings. The van der Waals surface area contributed by atoms with E-state index in [4.69, 9.17) is 0 Å². The molecule has 0 aromatic carbocycles. The summed E-state index contributed by atoms with van der Waals surface area (Å²) >= 11 is 1.86. The van der Waals surface area contributed by atoms with Crippen LogP contribution < -0.4 is 5.32 Å². The van der Waals surface area contributed by atoms with Gasteiger partial charge >= 0.3 is 0 Å². The number of thiophene rings is 1. The fourth-order valence-corrected chi connectivity index (χ4v) is 2.87. The number of nitrogens with zero attached hydrogens (tertiary/aromatic N) is 1. The molecule has 1 fully saturated rings. The lowest BCUT2D eigenvalue weighted by Crippen LogP contribution is -2.30. The molecule has 2 nitrogen and oxygen atoms in total. The van der Waals surface area contributed by atoms with Gasteiger partial charge in [-0.15, -0.1) is 11.3 Å². The Morgan fingerprint density at radius 2 is 2.39 bits per heavy atom. The van der Waals surface area contributed by atoms with E-state index in [9.17, 15) is 0 Å². The quantitative estimate of drug-likeness (QED) is 0.544. The normalized spacial score (nSPS) is 15.2. The van der Waals surface area contributed by atoms with E-state index in [1.54, 1.807) is 0 Å². The van der Waals surface area contributed by atoms with E-state index in [1.807, 2.05) is 11.3 Å². The van der Waals surface area contributed by atoms with Crippen LogP contribution in [0.5, 0.6) is 0 Å². The van der Waals surface area contributed by atoms with Crippen LogP contribution in [-0.2, 0) is 6.54 Å². The molecular formula is C15H24N2S. The molecule has 1 saturated carbocycles. The van der Waals surface area contributed by atoms with E-state index in [2.05, 4.69) is 41.2 Å². The first-order valence-electron chi connectivity index (χ1n) is 6.93. The maximum Gasteiger partial charge on any atom is 0.0334 e. The Morgan fingerprint density at radius 3 is 3.00 bits per heavy atom. The van der Waals surface area contributed by atoms with Crippen LogP contribution >= 0.6 is 11.3 Å². The maximum atomic E-state index is 4.20. The van der Waals surface area contributed by atoms with Crippen LogP contribution in [0, 0.1) is 0 Å². The first-order chi connectivity index (χ1) is 8.79. The van der Waals surface area contributed by atoms with E-state index in [1.165, 1.54) is 29.7 Å². The number of rotatable bonds is 9. The molecule has 0 atom stereocenters. The fourth-order valence-electron chi connectivity index (χ4n) is 2.14. The highest BCUT2D eigenvalue weighted by molar-refractivity contribution is 7.09. The summed E-state index contributed by atoms with van der Waals surface area (Å²) in [5.74, 6) is 0. The molecule has 1 heterocycles. The zero-order valence-electron chi connectivity index (χ0n) is 11.3. The lowest BCUT2D eigenvalue weighted by atomic mass is 10.2. The van der Waals surface area contributed by atoms with Crippen molar-refractivity contribution in [3.8, 4) is 0 Å². The standard InChI is InChI=1S/C15H24N2S/c1-3-8-16-10-13(2)11-17(14-6-7-14)12-15-5-4-9-18-15/h4-5,9,14,16H,2-3,6-8,10-12H2,1H3. The molecule has 0 saturated heterocycles.